The molecule has 1 heterocycles. The fraction of sp³-hybridized carbons (Fsp3) is 0.412. The van der Waals surface area contributed by atoms with E-state index in [-0.39, 0.29) is 11.3 Å². The number of hydrogen-bond acceptors (Lipinski definition) is 2. The van der Waals surface area contributed by atoms with Gasteiger partial charge in [-0.15, -0.1) is 0 Å². The fourth-order valence-corrected chi connectivity index (χ4v) is 2.50. The highest BCUT2D eigenvalue weighted by atomic mass is 16.2. The quantitative estimate of drug-likeness (QED) is 0.849. The Labute approximate surface area is 126 Å². The number of nitrogens with zero attached hydrogens (tertiary/aromatic N) is 3. The molecule has 0 spiro atoms. The molecular weight excluding hydrogens is 262 g/mol. The van der Waals surface area contributed by atoms with Gasteiger partial charge in [-0.2, -0.15) is 5.10 Å². The highest BCUT2D eigenvalue weighted by Gasteiger charge is 2.24. The first-order chi connectivity index (χ1) is 9.71. The topological polar surface area (TPSA) is 38.1 Å². The Morgan fingerprint density at radius 3 is 2.38 bits per heavy atom. The molecule has 0 saturated carbocycles. The molecule has 0 saturated heterocycles. The zero-order chi connectivity index (χ0) is 15.8. The summed E-state index contributed by atoms with van der Waals surface area (Å²) in [6, 6.07) is 8.04. The molecule has 0 fully saturated rings. The first-order valence-corrected chi connectivity index (χ1v) is 7.09. The van der Waals surface area contributed by atoms with E-state index in [0.717, 1.165) is 16.9 Å². The number of rotatable bonds is 2. The molecule has 0 radical (unpaired) electrons. The molecule has 4 heteroatoms. The van der Waals surface area contributed by atoms with Crippen LogP contribution in [-0.4, -0.2) is 22.7 Å². The van der Waals surface area contributed by atoms with Crippen LogP contribution >= 0.6 is 0 Å². The lowest BCUT2D eigenvalue weighted by atomic mass is 9.85. The Morgan fingerprint density at radius 2 is 1.86 bits per heavy atom. The molecule has 4 nitrogen and oxygen atoms in total. The van der Waals surface area contributed by atoms with Crippen molar-refractivity contribution < 1.29 is 4.79 Å². The Balaban J connectivity index is 2.43. The van der Waals surface area contributed by atoms with Crippen LogP contribution in [0.5, 0.6) is 0 Å². The zero-order valence-electron chi connectivity index (χ0n) is 13.6. The van der Waals surface area contributed by atoms with Crippen LogP contribution in [-0.2, 0) is 12.5 Å². The molecule has 112 valence electrons. The third-order valence-electron chi connectivity index (χ3n) is 3.62. The molecule has 0 bridgehead atoms. The number of carbonyl (C=O) groups is 1. The Hall–Kier alpha value is -2.10. The molecule has 2 rings (SSSR count). The number of para-hydroxylation sites is 1. The molecule has 0 atom stereocenters. The van der Waals surface area contributed by atoms with Gasteiger partial charge in [0.1, 0.15) is 0 Å². The minimum Gasteiger partial charge on any atom is -0.311 e. The van der Waals surface area contributed by atoms with Crippen molar-refractivity contribution in [2.45, 2.75) is 33.1 Å². The average Bonchev–Trinajstić information content (AvgIpc) is 2.75. The summed E-state index contributed by atoms with van der Waals surface area (Å²) in [7, 11) is 3.65. The molecule has 21 heavy (non-hydrogen) atoms. The molecule has 0 N–H and O–H groups in total. The summed E-state index contributed by atoms with van der Waals surface area (Å²) in [5, 5.41) is 4.25. The van der Waals surface area contributed by atoms with Gasteiger partial charge in [0.15, 0.2) is 0 Å². The fourth-order valence-electron chi connectivity index (χ4n) is 2.50. The number of aryl methyl sites for hydroxylation is 2. The van der Waals surface area contributed by atoms with E-state index >= 15 is 0 Å². The number of anilines is 1. The lowest BCUT2D eigenvalue weighted by molar-refractivity contribution is 0.0992. The van der Waals surface area contributed by atoms with Crippen LogP contribution in [0.2, 0.25) is 0 Å². The van der Waals surface area contributed by atoms with Crippen LogP contribution < -0.4 is 4.90 Å². The Kier molecular flexibility index (Phi) is 3.90. The van der Waals surface area contributed by atoms with Gasteiger partial charge in [-0.1, -0.05) is 39.0 Å². The minimum atomic E-state index is -0.0303. The second-order valence-corrected chi connectivity index (χ2v) is 6.43. The normalized spacial score (nSPS) is 11.5. The van der Waals surface area contributed by atoms with Crippen LogP contribution in [0, 0.1) is 6.92 Å². The van der Waals surface area contributed by atoms with Crippen LogP contribution in [0.1, 0.15) is 42.4 Å². The molecule has 0 aliphatic heterocycles. The van der Waals surface area contributed by atoms with Gasteiger partial charge >= 0.3 is 0 Å². The number of hydrogen-bond donors (Lipinski definition) is 0. The van der Waals surface area contributed by atoms with Gasteiger partial charge in [0.2, 0.25) is 0 Å². The second-order valence-electron chi connectivity index (χ2n) is 6.43. The van der Waals surface area contributed by atoms with Crippen molar-refractivity contribution in [2.24, 2.45) is 7.05 Å². The molecule has 0 aliphatic carbocycles. The summed E-state index contributed by atoms with van der Waals surface area (Å²) in [5.41, 5.74) is 3.47. The summed E-state index contributed by atoms with van der Waals surface area (Å²) in [5.74, 6) is -0.0303. The third-order valence-corrected chi connectivity index (χ3v) is 3.62. The predicted octanol–water partition coefficient (Wildman–Crippen LogP) is 3.30. The van der Waals surface area contributed by atoms with Crippen LogP contribution in [0.3, 0.4) is 0 Å². The third kappa shape index (κ3) is 2.99. The van der Waals surface area contributed by atoms with E-state index in [9.17, 15) is 4.79 Å². The maximum atomic E-state index is 12.7. The lowest BCUT2D eigenvalue weighted by Gasteiger charge is -2.27. The minimum absolute atomic E-state index is 0.0187. The summed E-state index contributed by atoms with van der Waals surface area (Å²) >= 11 is 0. The first-order valence-electron chi connectivity index (χ1n) is 7.09. The highest BCUT2D eigenvalue weighted by Crippen LogP contribution is 2.32. The van der Waals surface area contributed by atoms with E-state index in [1.807, 2.05) is 39.2 Å². The molecular formula is C17H23N3O. The number of carbonyl (C=O) groups excluding carboxylic acids is 1. The van der Waals surface area contributed by atoms with Crippen molar-refractivity contribution in [1.29, 1.82) is 0 Å². The standard InChI is InChI=1S/C17H23N3O/c1-12-13(11-19(5)18-12)16(21)20(6)15-10-8-7-9-14(15)17(2,3)4/h7-11H,1-6H3. The maximum absolute atomic E-state index is 12.7. The van der Waals surface area contributed by atoms with E-state index in [0.29, 0.717) is 5.56 Å². The SMILES string of the molecule is Cc1nn(C)cc1C(=O)N(C)c1ccccc1C(C)(C)C. The lowest BCUT2D eigenvalue weighted by Crippen LogP contribution is -2.29. The molecule has 2 aromatic rings. The van der Waals surface area contributed by atoms with Crippen LogP contribution in [0.4, 0.5) is 5.69 Å². The molecule has 0 unspecified atom stereocenters. The van der Waals surface area contributed by atoms with Crippen LogP contribution in [0.25, 0.3) is 0 Å². The predicted molar refractivity (Wildman–Crippen MR) is 85.8 cm³/mol. The van der Waals surface area contributed by atoms with Crippen molar-refractivity contribution in [1.82, 2.24) is 9.78 Å². The smallest absolute Gasteiger partial charge is 0.261 e. The van der Waals surface area contributed by atoms with Crippen molar-refractivity contribution in [2.75, 3.05) is 11.9 Å². The monoisotopic (exact) mass is 285 g/mol. The summed E-state index contributed by atoms with van der Waals surface area (Å²) in [6.45, 7) is 8.31. The largest absolute Gasteiger partial charge is 0.311 e. The maximum Gasteiger partial charge on any atom is 0.261 e. The van der Waals surface area contributed by atoms with Gasteiger partial charge in [-0.25, -0.2) is 0 Å². The van der Waals surface area contributed by atoms with Crippen LogP contribution in [0.15, 0.2) is 30.5 Å². The van der Waals surface area contributed by atoms with Crippen molar-refractivity contribution in [3.05, 3.63) is 47.3 Å². The van der Waals surface area contributed by atoms with Crippen molar-refractivity contribution in [3.63, 3.8) is 0 Å². The van der Waals surface area contributed by atoms with Gasteiger partial charge in [-0.05, 0) is 24.0 Å². The molecule has 1 amide bonds. The highest BCUT2D eigenvalue weighted by molar-refractivity contribution is 6.06. The van der Waals surface area contributed by atoms with E-state index in [4.69, 9.17) is 0 Å². The Morgan fingerprint density at radius 1 is 1.24 bits per heavy atom. The van der Waals surface area contributed by atoms with Gasteiger partial charge in [-0.3, -0.25) is 9.48 Å². The number of benzene rings is 1. The first kappa shape index (κ1) is 15.3. The number of aromatic nitrogens is 2. The van der Waals surface area contributed by atoms with Gasteiger partial charge in [0.25, 0.3) is 5.91 Å². The van der Waals surface area contributed by atoms with E-state index in [1.165, 1.54) is 0 Å². The molecule has 1 aromatic carbocycles. The van der Waals surface area contributed by atoms with E-state index in [2.05, 4.69) is 31.9 Å². The second kappa shape index (κ2) is 5.35. The van der Waals surface area contributed by atoms with Gasteiger partial charge < -0.3 is 4.90 Å². The average molecular weight is 285 g/mol. The Bertz CT molecular complexity index is 665. The molecule has 0 aliphatic rings. The zero-order valence-corrected chi connectivity index (χ0v) is 13.6. The summed E-state index contributed by atoms with van der Waals surface area (Å²) < 4.78 is 1.67. The van der Waals surface area contributed by atoms with E-state index < -0.39 is 0 Å². The number of amides is 1. The summed E-state index contributed by atoms with van der Waals surface area (Å²) in [4.78, 5) is 14.4. The van der Waals surface area contributed by atoms with Gasteiger partial charge in [0, 0.05) is 26.0 Å². The molecule has 1 aromatic heterocycles. The van der Waals surface area contributed by atoms with Gasteiger partial charge in [0.05, 0.1) is 11.3 Å². The van der Waals surface area contributed by atoms with E-state index in [1.54, 1.807) is 15.8 Å². The summed E-state index contributed by atoms with van der Waals surface area (Å²) in [6.07, 6.45) is 1.77. The van der Waals surface area contributed by atoms with Crippen molar-refractivity contribution >= 4 is 11.6 Å². The van der Waals surface area contributed by atoms with Crippen molar-refractivity contribution in [3.8, 4) is 0 Å².